The van der Waals surface area contributed by atoms with Crippen LogP contribution in [0.4, 0.5) is 0 Å². The zero-order valence-corrected chi connectivity index (χ0v) is 24.4. The molecule has 1 amide bonds. The highest BCUT2D eigenvalue weighted by Crippen LogP contribution is 2.48. The standard InChI is InChI=1S/C30H32Cl2N2O4S/c1-18(2)27(32)29(37)38-17-30(8-9-30)26-15-19(5-10-33-26)21-14-25(39-16-21)23-4-3-20(13-24(23)31)28(36)34-11-6-22(35)7-12-34/h3-5,10,13-16,18,22,27,35H,6-9,11-12,17H2,1-2H3. The molecule has 1 saturated carbocycles. The number of likely N-dealkylation sites (tertiary alicyclic amines) is 1. The van der Waals surface area contributed by atoms with Gasteiger partial charge in [-0.3, -0.25) is 14.6 Å². The van der Waals surface area contributed by atoms with Crippen LogP contribution in [0.1, 0.15) is 55.6 Å². The molecule has 0 radical (unpaired) electrons. The highest BCUT2D eigenvalue weighted by Gasteiger charge is 2.47. The maximum atomic E-state index is 12.9. The summed E-state index contributed by atoms with van der Waals surface area (Å²) in [4.78, 5) is 32.6. The molecule has 3 aromatic rings. The van der Waals surface area contributed by atoms with Crippen molar-refractivity contribution in [2.75, 3.05) is 19.7 Å². The van der Waals surface area contributed by atoms with Crippen molar-refractivity contribution in [3.63, 3.8) is 0 Å². The average molecular weight is 588 g/mol. The molecule has 1 N–H and O–H groups in total. The summed E-state index contributed by atoms with van der Waals surface area (Å²) in [6.45, 7) is 5.18. The zero-order chi connectivity index (χ0) is 27.7. The van der Waals surface area contributed by atoms with E-state index in [-0.39, 0.29) is 35.9 Å². The molecule has 1 aromatic carbocycles. The molecule has 2 aliphatic rings. The highest BCUT2D eigenvalue weighted by molar-refractivity contribution is 7.14. The lowest BCUT2D eigenvalue weighted by Gasteiger charge is -2.29. The number of carbonyl (C=O) groups is 2. The van der Waals surface area contributed by atoms with E-state index in [4.69, 9.17) is 27.9 Å². The van der Waals surface area contributed by atoms with E-state index in [2.05, 4.69) is 22.5 Å². The maximum absolute atomic E-state index is 12.9. The lowest BCUT2D eigenvalue weighted by atomic mass is 9.99. The quantitative estimate of drug-likeness (QED) is 0.238. The van der Waals surface area contributed by atoms with Gasteiger partial charge in [-0.15, -0.1) is 22.9 Å². The second-order valence-corrected chi connectivity index (χ2v) is 12.7. The van der Waals surface area contributed by atoms with Gasteiger partial charge >= 0.3 is 5.97 Å². The van der Waals surface area contributed by atoms with Crippen LogP contribution in [0.2, 0.25) is 5.02 Å². The first-order valence-corrected chi connectivity index (χ1v) is 15.0. The molecule has 3 heterocycles. The van der Waals surface area contributed by atoms with Crippen molar-refractivity contribution in [1.29, 1.82) is 0 Å². The lowest BCUT2D eigenvalue weighted by molar-refractivity contribution is -0.145. The molecule has 9 heteroatoms. The van der Waals surface area contributed by atoms with Crippen LogP contribution in [0.5, 0.6) is 0 Å². The Morgan fingerprint density at radius 2 is 1.90 bits per heavy atom. The van der Waals surface area contributed by atoms with Crippen LogP contribution in [0.3, 0.4) is 0 Å². The van der Waals surface area contributed by atoms with E-state index in [1.165, 1.54) is 0 Å². The maximum Gasteiger partial charge on any atom is 0.324 e. The molecule has 5 rings (SSSR count). The number of ether oxygens (including phenoxy) is 1. The predicted molar refractivity (Wildman–Crippen MR) is 155 cm³/mol. The van der Waals surface area contributed by atoms with Crippen LogP contribution in [-0.2, 0) is 14.9 Å². The first-order valence-electron chi connectivity index (χ1n) is 13.3. The second kappa shape index (κ2) is 11.6. The van der Waals surface area contributed by atoms with Gasteiger partial charge in [0, 0.05) is 40.7 Å². The summed E-state index contributed by atoms with van der Waals surface area (Å²) in [5, 5.41) is 11.7. The van der Waals surface area contributed by atoms with E-state index in [0.29, 0.717) is 36.5 Å². The van der Waals surface area contributed by atoms with E-state index in [9.17, 15) is 14.7 Å². The van der Waals surface area contributed by atoms with Crippen molar-refractivity contribution < 1.29 is 19.4 Å². The molecular weight excluding hydrogens is 555 g/mol. The number of piperidine rings is 1. The van der Waals surface area contributed by atoms with E-state index in [1.54, 1.807) is 28.5 Å². The van der Waals surface area contributed by atoms with E-state index >= 15 is 0 Å². The van der Waals surface area contributed by atoms with Crippen LogP contribution in [0.15, 0.2) is 48.0 Å². The Kier molecular flexibility index (Phi) is 8.34. The zero-order valence-electron chi connectivity index (χ0n) is 22.0. The van der Waals surface area contributed by atoms with Crippen molar-refractivity contribution in [3.05, 3.63) is 64.3 Å². The largest absolute Gasteiger partial charge is 0.464 e. The first-order chi connectivity index (χ1) is 18.7. The van der Waals surface area contributed by atoms with Gasteiger partial charge in [0.1, 0.15) is 12.0 Å². The van der Waals surface area contributed by atoms with Gasteiger partial charge in [-0.1, -0.05) is 31.5 Å². The van der Waals surface area contributed by atoms with Crippen molar-refractivity contribution >= 4 is 46.4 Å². The number of aliphatic hydroxyl groups is 1. The summed E-state index contributed by atoms with van der Waals surface area (Å²) >= 11 is 14.4. The third-order valence-corrected chi connectivity index (χ3v) is 9.58. The van der Waals surface area contributed by atoms with Crippen molar-refractivity contribution in [2.45, 2.75) is 56.4 Å². The summed E-state index contributed by atoms with van der Waals surface area (Å²) in [5.41, 5.74) is 4.18. The molecule has 2 fully saturated rings. The molecule has 1 atom stereocenters. The van der Waals surface area contributed by atoms with E-state index in [1.807, 2.05) is 32.0 Å². The van der Waals surface area contributed by atoms with Crippen LogP contribution in [0.25, 0.3) is 21.6 Å². The van der Waals surface area contributed by atoms with Gasteiger partial charge in [-0.2, -0.15) is 0 Å². The number of carbonyl (C=O) groups excluding carboxylic acids is 2. The molecule has 1 aliphatic heterocycles. The van der Waals surface area contributed by atoms with Crippen molar-refractivity contribution in [1.82, 2.24) is 9.88 Å². The van der Waals surface area contributed by atoms with Gasteiger partial charge in [0.15, 0.2) is 0 Å². The number of hydrogen-bond acceptors (Lipinski definition) is 6. The number of thiophene rings is 1. The van der Waals surface area contributed by atoms with Crippen LogP contribution in [-0.4, -0.2) is 58.0 Å². The number of aliphatic hydroxyl groups excluding tert-OH is 1. The van der Waals surface area contributed by atoms with Gasteiger partial charge in [-0.25, -0.2) is 0 Å². The molecule has 39 heavy (non-hydrogen) atoms. The Labute approximate surface area is 242 Å². The molecule has 2 aromatic heterocycles. The average Bonchev–Trinajstić information content (AvgIpc) is 3.58. The number of hydrogen-bond donors (Lipinski definition) is 1. The smallest absolute Gasteiger partial charge is 0.324 e. The second-order valence-electron chi connectivity index (χ2n) is 10.9. The molecule has 1 aliphatic carbocycles. The molecule has 0 spiro atoms. The minimum absolute atomic E-state index is 0.0124. The fraction of sp³-hybridized carbons (Fsp3) is 0.433. The Bertz CT molecular complexity index is 1360. The molecule has 1 saturated heterocycles. The fourth-order valence-corrected chi connectivity index (χ4v) is 6.17. The number of nitrogens with zero attached hydrogens (tertiary/aromatic N) is 2. The summed E-state index contributed by atoms with van der Waals surface area (Å²) in [5.74, 6) is -0.425. The Hall–Kier alpha value is -2.45. The van der Waals surface area contributed by atoms with Crippen molar-refractivity contribution in [3.8, 4) is 21.6 Å². The highest BCUT2D eigenvalue weighted by atomic mass is 35.5. The van der Waals surface area contributed by atoms with E-state index < -0.39 is 5.38 Å². The number of alkyl halides is 1. The predicted octanol–water partition coefficient (Wildman–Crippen LogP) is 6.57. The fourth-order valence-electron chi connectivity index (χ4n) is 4.81. The number of rotatable bonds is 8. The van der Waals surface area contributed by atoms with Crippen LogP contribution in [0, 0.1) is 5.92 Å². The third-order valence-electron chi connectivity index (χ3n) is 7.62. The minimum atomic E-state index is -0.651. The summed E-state index contributed by atoms with van der Waals surface area (Å²) < 4.78 is 5.58. The first kappa shape index (κ1) is 28.1. The molecule has 6 nitrogen and oxygen atoms in total. The lowest BCUT2D eigenvalue weighted by Crippen LogP contribution is -2.40. The Balaban J connectivity index is 1.29. The number of esters is 1. The number of amides is 1. The number of halogens is 2. The molecule has 206 valence electrons. The summed E-state index contributed by atoms with van der Waals surface area (Å²) in [6.07, 6.45) is 4.51. The third kappa shape index (κ3) is 6.17. The number of aromatic nitrogens is 1. The van der Waals surface area contributed by atoms with Crippen LogP contribution < -0.4 is 0 Å². The summed E-state index contributed by atoms with van der Waals surface area (Å²) in [6, 6.07) is 11.6. The number of pyridine rings is 1. The normalized spacial score (nSPS) is 17.7. The van der Waals surface area contributed by atoms with Crippen molar-refractivity contribution in [2.24, 2.45) is 5.92 Å². The minimum Gasteiger partial charge on any atom is -0.464 e. The summed E-state index contributed by atoms with van der Waals surface area (Å²) in [7, 11) is 0. The SMILES string of the molecule is CC(C)C(Cl)C(=O)OCC1(c2cc(-c3csc(-c4ccc(C(=O)N5CCC(O)CC5)cc4Cl)c3)ccn2)CC1. The van der Waals surface area contributed by atoms with Crippen LogP contribution >= 0.6 is 34.5 Å². The van der Waals surface area contributed by atoms with Gasteiger partial charge < -0.3 is 14.7 Å². The molecule has 0 bridgehead atoms. The Morgan fingerprint density at radius 3 is 2.56 bits per heavy atom. The molecular formula is C30H32Cl2N2O4S. The Morgan fingerprint density at radius 1 is 1.15 bits per heavy atom. The topological polar surface area (TPSA) is 79.7 Å². The van der Waals surface area contributed by atoms with Gasteiger partial charge in [0.2, 0.25) is 0 Å². The van der Waals surface area contributed by atoms with E-state index in [0.717, 1.165) is 40.1 Å². The number of benzene rings is 1. The monoisotopic (exact) mass is 586 g/mol. The van der Waals surface area contributed by atoms with Gasteiger partial charge in [0.05, 0.1) is 16.8 Å². The molecule has 1 unspecified atom stereocenters. The van der Waals surface area contributed by atoms with Gasteiger partial charge in [-0.05, 0) is 78.4 Å². The van der Waals surface area contributed by atoms with Gasteiger partial charge in [0.25, 0.3) is 5.91 Å².